The minimum absolute atomic E-state index is 0.146. The van der Waals surface area contributed by atoms with Crippen molar-refractivity contribution in [3.8, 4) is 0 Å². The summed E-state index contributed by atoms with van der Waals surface area (Å²) >= 11 is 3.43. The molecule has 2 rings (SSSR count). The molecule has 1 heterocycles. The maximum absolute atomic E-state index is 9.50. The van der Waals surface area contributed by atoms with Crippen molar-refractivity contribution in [2.75, 3.05) is 11.9 Å². The molecule has 0 unspecified atom stereocenters. The Morgan fingerprint density at radius 1 is 1.44 bits per heavy atom. The highest BCUT2D eigenvalue weighted by Gasteiger charge is 2.33. The number of rotatable bonds is 3. The zero-order valence-corrected chi connectivity index (χ0v) is 11.0. The molecule has 3 nitrogen and oxygen atoms in total. The van der Waals surface area contributed by atoms with Crippen LogP contribution in [0.25, 0.3) is 0 Å². The summed E-state index contributed by atoms with van der Waals surface area (Å²) in [6.07, 6.45) is 4.42. The molecule has 1 fully saturated rings. The molecular weight excluding hydrogens is 268 g/mol. The predicted molar refractivity (Wildman–Crippen MR) is 68.6 cm³/mol. The quantitative estimate of drug-likeness (QED) is 0.897. The first-order chi connectivity index (χ1) is 7.65. The minimum atomic E-state index is -0.146. The zero-order chi connectivity index (χ0) is 11.6. The number of aliphatic hydroxyl groups excluding tert-OH is 1. The molecule has 0 atom stereocenters. The van der Waals surface area contributed by atoms with Gasteiger partial charge in [0, 0.05) is 4.47 Å². The molecule has 0 bridgehead atoms. The molecule has 2 N–H and O–H groups in total. The van der Waals surface area contributed by atoms with Gasteiger partial charge in [0.1, 0.15) is 5.82 Å². The van der Waals surface area contributed by atoms with Crippen molar-refractivity contribution < 1.29 is 5.11 Å². The van der Waals surface area contributed by atoms with Crippen LogP contribution in [-0.4, -0.2) is 22.2 Å². The molecule has 0 aliphatic heterocycles. The Kier molecular flexibility index (Phi) is 3.50. The molecule has 0 saturated heterocycles. The van der Waals surface area contributed by atoms with Crippen LogP contribution in [0, 0.1) is 6.92 Å². The summed E-state index contributed by atoms with van der Waals surface area (Å²) in [5, 5.41) is 12.9. The number of nitrogens with zero attached hydrogens (tertiary/aromatic N) is 1. The van der Waals surface area contributed by atoms with Gasteiger partial charge in [0.15, 0.2) is 0 Å². The van der Waals surface area contributed by atoms with Gasteiger partial charge in [0.2, 0.25) is 0 Å². The Labute approximate surface area is 104 Å². The highest BCUT2D eigenvalue weighted by molar-refractivity contribution is 9.10. The van der Waals surface area contributed by atoms with E-state index < -0.39 is 0 Å². The fourth-order valence-electron chi connectivity index (χ4n) is 2.26. The van der Waals surface area contributed by atoms with Crippen LogP contribution in [0.5, 0.6) is 0 Å². The standard InChI is InChI=1S/C12H17BrN2O/c1-9-10(13)4-5-11(14-9)15-12(8-16)6-2-3-7-12/h4-5,16H,2-3,6-8H2,1H3,(H,14,15). The van der Waals surface area contributed by atoms with Gasteiger partial charge >= 0.3 is 0 Å². The van der Waals surface area contributed by atoms with Crippen LogP contribution in [0.2, 0.25) is 0 Å². The number of pyridine rings is 1. The lowest BCUT2D eigenvalue weighted by Crippen LogP contribution is -2.39. The molecule has 1 aromatic rings. The molecule has 4 heteroatoms. The van der Waals surface area contributed by atoms with E-state index >= 15 is 0 Å². The summed E-state index contributed by atoms with van der Waals surface area (Å²) in [5.41, 5.74) is 0.823. The molecule has 0 aromatic carbocycles. The molecule has 1 aromatic heterocycles. The van der Waals surface area contributed by atoms with E-state index in [0.29, 0.717) is 0 Å². The second kappa shape index (κ2) is 4.72. The van der Waals surface area contributed by atoms with Gasteiger partial charge in [-0.05, 0) is 47.8 Å². The Balaban J connectivity index is 2.16. The van der Waals surface area contributed by atoms with Crippen molar-refractivity contribution in [1.29, 1.82) is 0 Å². The second-order valence-electron chi connectivity index (χ2n) is 4.53. The third-order valence-corrected chi connectivity index (χ3v) is 4.12. The molecule has 88 valence electrons. The Bertz CT molecular complexity index is 375. The number of aromatic nitrogens is 1. The highest BCUT2D eigenvalue weighted by atomic mass is 79.9. The van der Waals surface area contributed by atoms with E-state index in [1.54, 1.807) is 0 Å². The third kappa shape index (κ3) is 2.38. The number of aliphatic hydroxyl groups is 1. The van der Waals surface area contributed by atoms with Gasteiger partial charge in [-0.2, -0.15) is 0 Å². The number of halogens is 1. The van der Waals surface area contributed by atoms with E-state index in [1.165, 1.54) is 12.8 Å². The summed E-state index contributed by atoms with van der Waals surface area (Å²) in [5.74, 6) is 0.858. The highest BCUT2D eigenvalue weighted by Crippen LogP contribution is 2.32. The summed E-state index contributed by atoms with van der Waals surface area (Å²) in [7, 11) is 0. The Hall–Kier alpha value is -0.610. The predicted octanol–water partition coefficient (Wildman–Crippen LogP) is 2.87. The normalized spacial score (nSPS) is 18.7. The number of aryl methyl sites for hydroxylation is 1. The first-order valence-corrected chi connectivity index (χ1v) is 6.47. The van der Waals surface area contributed by atoms with Crippen LogP contribution in [-0.2, 0) is 0 Å². The van der Waals surface area contributed by atoms with Crippen LogP contribution in [0.1, 0.15) is 31.4 Å². The van der Waals surface area contributed by atoms with Crippen LogP contribution in [0.3, 0.4) is 0 Å². The SMILES string of the molecule is Cc1nc(NC2(CO)CCCC2)ccc1Br. The van der Waals surface area contributed by atoms with Crippen LogP contribution < -0.4 is 5.32 Å². The topological polar surface area (TPSA) is 45.2 Å². The smallest absolute Gasteiger partial charge is 0.126 e. The van der Waals surface area contributed by atoms with Crippen molar-refractivity contribution in [1.82, 2.24) is 4.98 Å². The molecule has 16 heavy (non-hydrogen) atoms. The van der Waals surface area contributed by atoms with E-state index in [2.05, 4.69) is 26.2 Å². The summed E-state index contributed by atoms with van der Waals surface area (Å²) < 4.78 is 1.02. The minimum Gasteiger partial charge on any atom is -0.394 e. The molecule has 0 amide bonds. The summed E-state index contributed by atoms with van der Waals surface area (Å²) in [6.45, 7) is 2.15. The molecule has 0 radical (unpaired) electrons. The van der Waals surface area contributed by atoms with Gasteiger partial charge < -0.3 is 10.4 Å². The van der Waals surface area contributed by atoms with E-state index in [1.807, 2.05) is 19.1 Å². The van der Waals surface area contributed by atoms with Gasteiger partial charge in [-0.25, -0.2) is 4.98 Å². The molecule has 1 aliphatic carbocycles. The van der Waals surface area contributed by atoms with Gasteiger partial charge in [0.05, 0.1) is 17.8 Å². The van der Waals surface area contributed by atoms with Crippen LogP contribution in [0.4, 0.5) is 5.82 Å². The molecular formula is C12H17BrN2O. The number of hydrogen-bond acceptors (Lipinski definition) is 3. The van der Waals surface area contributed by atoms with Gasteiger partial charge in [0.25, 0.3) is 0 Å². The largest absolute Gasteiger partial charge is 0.394 e. The van der Waals surface area contributed by atoms with Gasteiger partial charge in [-0.3, -0.25) is 0 Å². The van der Waals surface area contributed by atoms with Crippen molar-refractivity contribution in [2.45, 2.75) is 38.1 Å². The van der Waals surface area contributed by atoms with E-state index in [4.69, 9.17) is 0 Å². The summed E-state index contributed by atoms with van der Waals surface area (Å²) in [6, 6.07) is 3.94. The zero-order valence-electron chi connectivity index (χ0n) is 9.46. The molecule has 1 aliphatic rings. The maximum Gasteiger partial charge on any atom is 0.126 e. The maximum atomic E-state index is 9.50. The van der Waals surface area contributed by atoms with Crippen molar-refractivity contribution in [3.05, 3.63) is 22.3 Å². The fourth-order valence-corrected chi connectivity index (χ4v) is 2.48. The van der Waals surface area contributed by atoms with Gasteiger partial charge in [-0.15, -0.1) is 0 Å². The van der Waals surface area contributed by atoms with Crippen molar-refractivity contribution in [3.63, 3.8) is 0 Å². The lowest BCUT2D eigenvalue weighted by atomic mass is 9.99. The third-order valence-electron chi connectivity index (χ3n) is 3.28. The van der Waals surface area contributed by atoms with Crippen molar-refractivity contribution >= 4 is 21.7 Å². The fraction of sp³-hybridized carbons (Fsp3) is 0.583. The lowest BCUT2D eigenvalue weighted by molar-refractivity contribution is 0.214. The van der Waals surface area contributed by atoms with Gasteiger partial charge in [-0.1, -0.05) is 12.8 Å². The number of nitrogens with one attached hydrogen (secondary N) is 1. The molecule has 0 spiro atoms. The lowest BCUT2D eigenvalue weighted by Gasteiger charge is -2.28. The monoisotopic (exact) mass is 284 g/mol. The van der Waals surface area contributed by atoms with E-state index in [9.17, 15) is 5.11 Å². The second-order valence-corrected chi connectivity index (χ2v) is 5.39. The Morgan fingerprint density at radius 2 is 2.12 bits per heavy atom. The first kappa shape index (κ1) is 11.9. The van der Waals surface area contributed by atoms with Crippen LogP contribution in [0.15, 0.2) is 16.6 Å². The van der Waals surface area contributed by atoms with E-state index in [-0.39, 0.29) is 12.1 Å². The van der Waals surface area contributed by atoms with Crippen LogP contribution >= 0.6 is 15.9 Å². The average Bonchev–Trinajstić information content (AvgIpc) is 2.73. The number of anilines is 1. The summed E-state index contributed by atoms with van der Waals surface area (Å²) in [4.78, 5) is 4.46. The molecule has 1 saturated carbocycles. The van der Waals surface area contributed by atoms with E-state index in [0.717, 1.165) is 28.8 Å². The average molecular weight is 285 g/mol. The van der Waals surface area contributed by atoms with Crippen molar-refractivity contribution in [2.24, 2.45) is 0 Å². The number of hydrogen-bond donors (Lipinski definition) is 2. The Morgan fingerprint density at radius 3 is 2.69 bits per heavy atom. The first-order valence-electron chi connectivity index (χ1n) is 5.67.